The van der Waals surface area contributed by atoms with Crippen LogP contribution < -0.4 is 21.2 Å². The van der Waals surface area contributed by atoms with E-state index >= 15 is 0 Å². The van der Waals surface area contributed by atoms with E-state index in [0.29, 0.717) is 5.40 Å². The SMILES string of the molecule is C1=CCC/C=C\CC1.CCCC(P(c1ccccc1)c1ccccc1)P(c1ccccc1)c1ccccc1.F[B-](F)(F)F.[Rh]. The third-order valence-corrected chi connectivity index (χ3v) is 13.1. The molecule has 0 atom stereocenters. The molecule has 0 heterocycles. The first-order chi connectivity index (χ1) is 20.9. The summed E-state index contributed by atoms with van der Waals surface area (Å²) >= 11 is 0. The van der Waals surface area contributed by atoms with Crippen LogP contribution in [-0.4, -0.2) is 12.7 Å². The largest absolute Gasteiger partial charge is 0.673 e. The molecule has 1 aliphatic carbocycles. The van der Waals surface area contributed by atoms with Crippen molar-refractivity contribution in [3.05, 3.63) is 146 Å². The quantitative estimate of drug-likeness (QED) is 0.0735. The molecule has 0 bridgehead atoms. The van der Waals surface area contributed by atoms with E-state index in [2.05, 4.69) is 153 Å². The summed E-state index contributed by atoms with van der Waals surface area (Å²) in [5.74, 6) is 0. The molecule has 4 aromatic rings. The van der Waals surface area contributed by atoms with Gasteiger partial charge in [-0.05, 0) is 69.2 Å². The van der Waals surface area contributed by atoms with Crippen LogP contribution in [-0.2, 0) is 19.5 Å². The van der Waals surface area contributed by atoms with Crippen LogP contribution in [0.4, 0.5) is 17.3 Å². The monoisotopic (exact) mass is 724 g/mol. The molecule has 235 valence electrons. The molecule has 0 aromatic heterocycles. The van der Waals surface area contributed by atoms with Gasteiger partial charge in [0.2, 0.25) is 0 Å². The molecular weight excluding hydrogens is 684 g/mol. The Morgan fingerprint density at radius 2 is 0.727 bits per heavy atom. The third-order valence-electron chi connectivity index (χ3n) is 6.61. The van der Waals surface area contributed by atoms with E-state index in [9.17, 15) is 17.3 Å². The first-order valence-corrected chi connectivity index (χ1v) is 17.7. The second kappa shape index (κ2) is 21.4. The summed E-state index contributed by atoms with van der Waals surface area (Å²) in [5, 5.41) is 6.52. The minimum absolute atomic E-state index is 0. The van der Waals surface area contributed by atoms with Gasteiger partial charge in [-0.3, -0.25) is 0 Å². The predicted molar refractivity (Wildman–Crippen MR) is 184 cm³/mol. The van der Waals surface area contributed by atoms with Gasteiger partial charge in [-0.15, -0.1) is 0 Å². The van der Waals surface area contributed by atoms with E-state index < -0.39 is 23.1 Å². The Labute approximate surface area is 276 Å². The van der Waals surface area contributed by atoms with E-state index in [1.807, 2.05) is 0 Å². The maximum atomic E-state index is 9.75. The van der Waals surface area contributed by atoms with E-state index in [1.54, 1.807) is 0 Å². The number of hydrogen-bond acceptors (Lipinski definition) is 0. The van der Waals surface area contributed by atoms with Gasteiger partial charge in [-0.2, -0.15) is 0 Å². The fraction of sp³-hybridized carbons (Fsp3) is 0.222. The van der Waals surface area contributed by atoms with Crippen molar-refractivity contribution in [3.8, 4) is 0 Å². The zero-order valence-corrected chi connectivity index (χ0v) is 28.4. The van der Waals surface area contributed by atoms with Crippen LogP contribution in [0.2, 0.25) is 0 Å². The van der Waals surface area contributed by atoms with Gasteiger partial charge in [0.05, 0.1) is 0 Å². The second-order valence-corrected chi connectivity index (χ2v) is 15.1. The first kappa shape index (κ1) is 37.8. The van der Waals surface area contributed by atoms with Crippen LogP contribution in [0.15, 0.2) is 146 Å². The number of allylic oxidation sites excluding steroid dienone is 4. The number of benzene rings is 4. The van der Waals surface area contributed by atoms with Crippen molar-refractivity contribution >= 4 is 44.3 Å². The minimum atomic E-state index is -6.00. The smallest absolute Gasteiger partial charge is 0.418 e. The standard InChI is InChI=1S/C28H28P2.C8H12.BF4.Rh/c1-2-15-28(29(24-16-7-3-8-17-24)25-18-9-4-10-19-25)30(26-20-11-5-12-21-26)27-22-13-6-14-23-27;1-2-4-6-8-7-5-3-1;2-1(3,4)5;/h3-14,16-23,28H,2,15H2,1H3;1-2,7-8H,3-6H2;;/q;;-1;/b;2-1-,8-7?;;. The topological polar surface area (TPSA) is 0 Å². The Balaban J connectivity index is 0.000000402. The second-order valence-electron chi connectivity index (χ2n) is 9.94. The molecule has 0 spiro atoms. The van der Waals surface area contributed by atoms with Crippen LogP contribution >= 0.6 is 15.8 Å². The van der Waals surface area contributed by atoms with Crippen molar-refractivity contribution in [1.82, 2.24) is 0 Å². The molecule has 0 aliphatic heterocycles. The minimum Gasteiger partial charge on any atom is -0.418 e. The van der Waals surface area contributed by atoms with Crippen molar-refractivity contribution in [2.75, 3.05) is 0 Å². The Bertz CT molecular complexity index is 1140. The molecule has 0 nitrogen and oxygen atoms in total. The first-order valence-electron chi connectivity index (χ1n) is 14.8. The molecule has 0 unspecified atom stereocenters. The Kier molecular flexibility index (Phi) is 18.4. The molecule has 8 heteroatoms. The number of rotatable bonds is 8. The van der Waals surface area contributed by atoms with Crippen molar-refractivity contribution in [2.45, 2.75) is 50.8 Å². The van der Waals surface area contributed by atoms with E-state index in [1.165, 1.54) is 59.7 Å². The summed E-state index contributed by atoms with van der Waals surface area (Å²) in [7, 11) is -6.96. The summed E-state index contributed by atoms with van der Waals surface area (Å²) in [6.07, 6.45) is 16.4. The van der Waals surface area contributed by atoms with E-state index in [0.717, 1.165) is 0 Å². The zero-order chi connectivity index (χ0) is 30.8. The van der Waals surface area contributed by atoms with Gasteiger partial charge in [0.1, 0.15) is 0 Å². The molecule has 4 aromatic carbocycles. The normalized spacial score (nSPS) is 13.5. The Morgan fingerprint density at radius 1 is 0.500 bits per heavy atom. The van der Waals surface area contributed by atoms with Gasteiger partial charge in [0.25, 0.3) is 0 Å². The molecule has 0 saturated carbocycles. The van der Waals surface area contributed by atoms with Gasteiger partial charge < -0.3 is 17.3 Å². The Morgan fingerprint density at radius 3 is 0.932 bits per heavy atom. The zero-order valence-electron chi connectivity index (χ0n) is 25.0. The van der Waals surface area contributed by atoms with Gasteiger partial charge in [-0.1, -0.05) is 159 Å². The molecule has 0 amide bonds. The van der Waals surface area contributed by atoms with Gasteiger partial charge in [0, 0.05) is 24.9 Å². The third kappa shape index (κ3) is 14.2. The van der Waals surface area contributed by atoms with Crippen molar-refractivity contribution < 1.29 is 36.7 Å². The van der Waals surface area contributed by atoms with Crippen LogP contribution in [0.5, 0.6) is 0 Å². The number of halogens is 4. The van der Waals surface area contributed by atoms with Gasteiger partial charge >= 0.3 is 7.25 Å². The van der Waals surface area contributed by atoms with Gasteiger partial charge in [0.15, 0.2) is 0 Å². The van der Waals surface area contributed by atoms with Crippen molar-refractivity contribution in [2.24, 2.45) is 0 Å². The van der Waals surface area contributed by atoms with Crippen molar-refractivity contribution in [1.29, 1.82) is 0 Å². The Hall–Kier alpha value is -2.37. The molecule has 44 heavy (non-hydrogen) atoms. The summed E-state index contributed by atoms with van der Waals surface area (Å²) in [4.78, 5) is 0. The average molecular weight is 724 g/mol. The maximum absolute atomic E-state index is 9.75. The molecule has 5 rings (SSSR count). The fourth-order valence-electron chi connectivity index (χ4n) is 4.83. The van der Waals surface area contributed by atoms with Crippen molar-refractivity contribution in [3.63, 3.8) is 0 Å². The summed E-state index contributed by atoms with van der Waals surface area (Å²) in [6, 6.07) is 44.8. The van der Waals surface area contributed by atoms with Gasteiger partial charge in [-0.25, -0.2) is 0 Å². The molecule has 0 N–H and O–H groups in total. The fourth-order valence-corrected chi connectivity index (χ4v) is 12.3. The number of hydrogen-bond donors (Lipinski definition) is 0. The van der Waals surface area contributed by atoms with Crippen LogP contribution in [0.25, 0.3) is 0 Å². The molecule has 1 aliphatic rings. The van der Waals surface area contributed by atoms with Crippen LogP contribution in [0.3, 0.4) is 0 Å². The summed E-state index contributed by atoms with van der Waals surface area (Å²) in [5.41, 5.74) is 0. The van der Waals surface area contributed by atoms with E-state index in [4.69, 9.17) is 0 Å². The van der Waals surface area contributed by atoms with Crippen LogP contribution in [0, 0.1) is 0 Å². The van der Waals surface area contributed by atoms with E-state index in [-0.39, 0.29) is 19.5 Å². The van der Waals surface area contributed by atoms with Crippen LogP contribution in [0.1, 0.15) is 45.4 Å². The molecular formula is C36H40BF4P2Rh-. The molecule has 0 fully saturated rings. The molecule has 0 saturated heterocycles. The maximum Gasteiger partial charge on any atom is 0.673 e. The predicted octanol–water partition coefficient (Wildman–Crippen LogP) is 10.3. The summed E-state index contributed by atoms with van der Waals surface area (Å²) in [6.45, 7) is 2.33. The molecule has 1 radical (unpaired) electrons. The average Bonchev–Trinajstić information content (AvgIpc) is 2.99. The summed E-state index contributed by atoms with van der Waals surface area (Å²) < 4.78 is 39.0.